The van der Waals surface area contributed by atoms with Gasteiger partial charge in [0.15, 0.2) is 0 Å². The first-order valence-corrected chi connectivity index (χ1v) is 8.97. The quantitative estimate of drug-likeness (QED) is 0.602. The molecule has 1 aromatic carbocycles. The van der Waals surface area contributed by atoms with Crippen LogP contribution in [0.1, 0.15) is 62.5 Å². The maximum absolute atomic E-state index is 2.47. The lowest BCUT2D eigenvalue weighted by Gasteiger charge is -2.35. The summed E-state index contributed by atoms with van der Waals surface area (Å²) in [5, 5.41) is 0. The molecule has 0 saturated heterocycles. The number of hydrogen-bond acceptors (Lipinski definition) is 0. The number of benzene rings is 1. The van der Waals surface area contributed by atoms with E-state index in [1.807, 2.05) is 0 Å². The Morgan fingerprint density at radius 1 is 1.00 bits per heavy atom. The summed E-state index contributed by atoms with van der Waals surface area (Å²) in [7, 11) is 0. The summed E-state index contributed by atoms with van der Waals surface area (Å²) in [4.78, 5) is 0. The summed E-state index contributed by atoms with van der Waals surface area (Å²) in [6.07, 6.45) is 18.0. The second kappa shape index (κ2) is 5.91. The van der Waals surface area contributed by atoms with Crippen molar-refractivity contribution in [2.45, 2.75) is 51.4 Å². The van der Waals surface area contributed by atoms with Gasteiger partial charge in [0.2, 0.25) is 0 Å². The summed E-state index contributed by atoms with van der Waals surface area (Å²) in [6.45, 7) is 2.21. The minimum atomic E-state index is 0.541. The monoisotopic (exact) mass is 290 g/mol. The van der Waals surface area contributed by atoms with Gasteiger partial charge in [-0.25, -0.2) is 0 Å². The van der Waals surface area contributed by atoms with Crippen molar-refractivity contribution in [1.29, 1.82) is 0 Å². The molecule has 3 aliphatic rings. The van der Waals surface area contributed by atoms with Crippen molar-refractivity contribution < 1.29 is 0 Å². The molecule has 0 amide bonds. The summed E-state index contributed by atoms with van der Waals surface area (Å²) in [6, 6.07) is 9.13. The van der Waals surface area contributed by atoms with Crippen LogP contribution in [0.2, 0.25) is 0 Å². The molecule has 1 fully saturated rings. The third kappa shape index (κ3) is 2.60. The summed E-state index contributed by atoms with van der Waals surface area (Å²) in [5.41, 5.74) is 6.13. The predicted molar refractivity (Wildman–Crippen MR) is 94.7 cm³/mol. The van der Waals surface area contributed by atoms with Crippen molar-refractivity contribution in [1.82, 2.24) is 0 Å². The van der Waals surface area contributed by atoms with Gasteiger partial charge in [0, 0.05) is 5.92 Å². The highest BCUT2D eigenvalue weighted by molar-refractivity contribution is 5.63. The Hall–Kier alpha value is -1.56. The molecule has 1 saturated carbocycles. The highest BCUT2D eigenvalue weighted by atomic mass is 14.4. The maximum atomic E-state index is 2.47. The van der Waals surface area contributed by atoms with E-state index < -0.39 is 0 Å². The van der Waals surface area contributed by atoms with Crippen LogP contribution in [-0.2, 0) is 0 Å². The molecule has 22 heavy (non-hydrogen) atoms. The molecule has 3 aliphatic carbocycles. The van der Waals surface area contributed by atoms with Crippen LogP contribution in [0.5, 0.6) is 0 Å². The molecule has 0 nitrogen and oxygen atoms in total. The van der Waals surface area contributed by atoms with Crippen LogP contribution in [-0.4, -0.2) is 0 Å². The standard InChI is InChI=1S/C22H26/c1-16-11-12-18(13-16)20-14-19-9-5-6-10-21(19)22(15-20)17-7-3-2-4-8-17/h5-6,9-14,17-18,22H,2-4,7-8,15H2,1H3. The van der Waals surface area contributed by atoms with Crippen LogP contribution in [0.4, 0.5) is 0 Å². The van der Waals surface area contributed by atoms with Crippen LogP contribution < -0.4 is 0 Å². The van der Waals surface area contributed by atoms with Crippen LogP contribution in [0.25, 0.3) is 6.08 Å². The van der Waals surface area contributed by atoms with Crippen molar-refractivity contribution in [3.63, 3.8) is 0 Å². The van der Waals surface area contributed by atoms with E-state index in [2.05, 4.69) is 55.5 Å². The first kappa shape index (κ1) is 14.1. The zero-order valence-electron chi connectivity index (χ0n) is 13.6. The average molecular weight is 290 g/mol. The van der Waals surface area contributed by atoms with E-state index in [1.54, 1.807) is 11.1 Å². The lowest BCUT2D eigenvalue weighted by Crippen LogP contribution is -2.21. The van der Waals surface area contributed by atoms with Gasteiger partial charge in [-0.1, -0.05) is 79.0 Å². The zero-order valence-corrected chi connectivity index (χ0v) is 13.6. The molecule has 4 rings (SSSR count). The summed E-state index contributed by atoms with van der Waals surface area (Å²) >= 11 is 0. The average Bonchev–Trinajstić information content (AvgIpc) is 3.01. The zero-order chi connectivity index (χ0) is 14.9. The van der Waals surface area contributed by atoms with E-state index in [0.717, 1.165) is 11.8 Å². The minimum absolute atomic E-state index is 0.541. The van der Waals surface area contributed by atoms with Crippen molar-refractivity contribution in [2.24, 2.45) is 11.8 Å². The number of rotatable bonds is 2. The van der Waals surface area contributed by atoms with E-state index in [9.17, 15) is 0 Å². The molecule has 0 radical (unpaired) electrons. The maximum Gasteiger partial charge on any atom is 0.0169 e. The van der Waals surface area contributed by atoms with E-state index in [4.69, 9.17) is 0 Å². The molecule has 0 aliphatic heterocycles. The Labute approximate surface area is 134 Å². The van der Waals surface area contributed by atoms with Crippen molar-refractivity contribution >= 4 is 6.08 Å². The SMILES string of the molecule is CC1=CC(C2=Cc3ccccc3C(C3CCCCC3)C2)C=C1. The Bertz CT molecular complexity index is 638. The second-order valence-electron chi connectivity index (χ2n) is 7.35. The van der Waals surface area contributed by atoms with Crippen LogP contribution >= 0.6 is 0 Å². The van der Waals surface area contributed by atoms with Gasteiger partial charge in [-0.2, -0.15) is 0 Å². The molecular weight excluding hydrogens is 264 g/mol. The highest BCUT2D eigenvalue weighted by Crippen LogP contribution is 2.46. The van der Waals surface area contributed by atoms with Gasteiger partial charge in [-0.15, -0.1) is 0 Å². The van der Waals surface area contributed by atoms with Crippen molar-refractivity contribution in [3.8, 4) is 0 Å². The number of allylic oxidation sites excluding steroid dienone is 5. The summed E-state index contributed by atoms with van der Waals surface area (Å²) in [5.74, 6) is 2.19. The Morgan fingerprint density at radius 2 is 1.82 bits per heavy atom. The molecule has 0 spiro atoms. The minimum Gasteiger partial charge on any atom is -0.0733 e. The largest absolute Gasteiger partial charge is 0.0733 e. The van der Waals surface area contributed by atoms with Crippen LogP contribution in [0.3, 0.4) is 0 Å². The second-order valence-corrected chi connectivity index (χ2v) is 7.35. The third-order valence-corrected chi connectivity index (χ3v) is 5.85. The molecule has 0 heteroatoms. The number of fused-ring (bicyclic) bond motifs is 1. The van der Waals surface area contributed by atoms with Gasteiger partial charge in [0.1, 0.15) is 0 Å². The Kier molecular flexibility index (Phi) is 3.78. The van der Waals surface area contributed by atoms with Gasteiger partial charge >= 0.3 is 0 Å². The molecule has 0 heterocycles. The fourth-order valence-corrected chi connectivity index (χ4v) is 4.67. The molecule has 0 aromatic heterocycles. The van der Waals surface area contributed by atoms with Crippen LogP contribution in [0.15, 0.2) is 53.6 Å². The van der Waals surface area contributed by atoms with Crippen molar-refractivity contribution in [3.05, 3.63) is 64.8 Å². The smallest absolute Gasteiger partial charge is 0.0169 e. The first-order valence-electron chi connectivity index (χ1n) is 8.97. The fourth-order valence-electron chi connectivity index (χ4n) is 4.67. The van der Waals surface area contributed by atoms with Gasteiger partial charge in [-0.3, -0.25) is 0 Å². The Morgan fingerprint density at radius 3 is 2.59 bits per heavy atom. The van der Waals surface area contributed by atoms with E-state index in [1.165, 1.54) is 49.7 Å². The lowest BCUT2D eigenvalue weighted by molar-refractivity contribution is 0.299. The van der Waals surface area contributed by atoms with E-state index >= 15 is 0 Å². The topological polar surface area (TPSA) is 0 Å². The van der Waals surface area contributed by atoms with Gasteiger partial charge < -0.3 is 0 Å². The van der Waals surface area contributed by atoms with Gasteiger partial charge in [0.25, 0.3) is 0 Å². The predicted octanol–water partition coefficient (Wildman–Crippen LogP) is 6.27. The Balaban J connectivity index is 1.68. The van der Waals surface area contributed by atoms with E-state index in [-0.39, 0.29) is 0 Å². The fraction of sp³-hybridized carbons (Fsp3) is 0.455. The lowest BCUT2D eigenvalue weighted by atomic mass is 9.69. The molecule has 0 bridgehead atoms. The van der Waals surface area contributed by atoms with Gasteiger partial charge in [-0.05, 0) is 49.1 Å². The normalized spacial score (nSPS) is 28.2. The first-order chi connectivity index (χ1) is 10.8. The molecule has 1 aromatic rings. The van der Waals surface area contributed by atoms with Crippen molar-refractivity contribution in [2.75, 3.05) is 0 Å². The number of hydrogen-bond donors (Lipinski definition) is 0. The van der Waals surface area contributed by atoms with Gasteiger partial charge in [0.05, 0.1) is 0 Å². The summed E-state index contributed by atoms with van der Waals surface area (Å²) < 4.78 is 0. The molecule has 0 N–H and O–H groups in total. The molecular formula is C22H26. The van der Waals surface area contributed by atoms with E-state index in [0.29, 0.717) is 5.92 Å². The van der Waals surface area contributed by atoms with Crippen LogP contribution in [0, 0.1) is 11.8 Å². The molecule has 2 atom stereocenters. The highest BCUT2D eigenvalue weighted by Gasteiger charge is 2.31. The molecule has 2 unspecified atom stereocenters. The molecule has 114 valence electrons. The third-order valence-electron chi connectivity index (χ3n) is 5.85.